The quantitative estimate of drug-likeness (QED) is 0.514. The fraction of sp³-hybridized carbons (Fsp3) is 0.647. The second-order valence-corrected chi connectivity index (χ2v) is 10.4. The summed E-state index contributed by atoms with van der Waals surface area (Å²) >= 11 is 0. The third-order valence-electron chi connectivity index (χ3n) is 4.81. The van der Waals surface area contributed by atoms with Crippen molar-refractivity contribution in [3.8, 4) is 0 Å². The van der Waals surface area contributed by atoms with Crippen LogP contribution < -0.4 is 0 Å². The van der Waals surface area contributed by atoms with Crippen LogP contribution in [-0.2, 0) is 18.4 Å². The van der Waals surface area contributed by atoms with Crippen molar-refractivity contribution in [3.63, 3.8) is 0 Å². The van der Waals surface area contributed by atoms with E-state index in [4.69, 9.17) is 8.85 Å². The first-order valence-corrected chi connectivity index (χ1v) is 9.93. The summed E-state index contributed by atoms with van der Waals surface area (Å²) < 4.78 is 11.7. The molecule has 1 rings (SSSR count). The second kappa shape index (κ2) is 7.77. The van der Waals surface area contributed by atoms with E-state index in [9.17, 15) is 9.59 Å². The van der Waals surface area contributed by atoms with Gasteiger partial charge >= 0.3 is 20.5 Å². The highest BCUT2D eigenvalue weighted by atomic mass is 28.4. The van der Waals surface area contributed by atoms with Crippen LogP contribution in [0.3, 0.4) is 0 Å². The van der Waals surface area contributed by atoms with Crippen molar-refractivity contribution in [2.75, 3.05) is 0 Å². The molecule has 1 aliphatic rings. The average molecular weight is 324 g/mol. The van der Waals surface area contributed by atoms with Crippen molar-refractivity contribution in [1.29, 1.82) is 0 Å². The van der Waals surface area contributed by atoms with Gasteiger partial charge in [0.25, 0.3) is 0 Å². The number of hydrogen-bond donors (Lipinski definition) is 0. The van der Waals surface area contributed by atoms with Crippen LogP contribution in [-0.4, -0.2) is 20.5 Å². The maximum absolute atomic E-state index is 12.0. The van der Waals surface area contributed by atoms with Crippen LogP contribution in [0.15, 0.2) is 25.3 Å². The third-order valence-corrected chi connectivity index (χ3v) is 9.71. The minimum absolute atomic E-state index is 0.129. The van der Waals surface area contributed by atoms with E-state index in [0.717, 1.165) is 44.3 Å². The molecule has 1 aliphatic carbocycles. The molecular weight excluding hydrogens is 296 g/mol. The van der Waals surface area contributed by atoms with Gasteiger partial charge in [0.2, 0.25) is 0 Å². The van der Waals surface area contributed by atoms with E-state index in [1.54, 1.807) is 0 Å². The van der Waals surface area contributed by atoms with E-state index in [0.29, 0.717) is 0 Å². The normalized spacial score (nSPS) is 16.7. The lowest BCUT2D eigenvalue weighted by atomic mass is 10.0. The Labute approximate surface area is 134 Å². The molecule has 0 N–H and O–H groups in total. The second-order valence-electron chi connectivity index (χ2n) is 6.49. The molecule has 0 radical (unpaired) electrons. The van der Waals surface area contributed by atoms with E-state index in [-0.39, 0.29) is 10.6 Å². The molecule has 1 saturated carbocycles. The Bertz CT molecular complexity index is 414. The molecule has 0 heterocycles. The van der Waals surface area contributed by atoms with Crippen LogP contribution >= 0.6 is 0 Å². The van der Waals surface area contributed by atoms with Crippen molar-refractivity contribution in [3.05, 3.63) is 25.3 Å². The Balaban J connectivity index is 3.31. The molecule has 0 saturated heterocycles. The fourth-order valence-electron chi connectivity index (χ4n) is 3.13. The van der Waals surface area contributed by atoms with Crippen molar-refractivity contribution in [2.24, 2.45) is 0 Å². The van der Waals surface area contributed by atoms with E-state index < -0.39 is 20.5 Å². The van der Waals surface area contributed by atoms with Gasteiger partial charge in [-0.25, -0.2) is 9.59 Å². The lowest BCUT2D eigenvalue weighted by Crippen LogP contribution is -2.57. The van der Waals surface area contributed by atoms with E-state index in [2.05, 4.69) is 13.2 Å². The minimum Gasteiger partial charge on any atom is -0.481 e. The van der Waals surface area contributed by atoms with Gasteiger partial charge in [-0.15, -0.1) is 0 Å². The summed E-state index contributed by atoms with van der Waals surface area (Å²) in [6.07, 6.45) is 8.28. The molecule has 0 bridgehead atoms. The van der Waals surface area contributed by atoms with Crippen LogP contribution in [0.4, 0.5) is 0 Å². The van der Waals surface area contributed by atoms with Crippen molar-refractivity contribution < 1.29 is 18.4 Å². The van der Waals surface area contributed by atoms with Crippen LogP contribution in [0.2, 0.25) is 10.6 Å². The number of carbonyl (C=O) groups excluding carboxylic acids is 2. The zero-order valence-corrected chi connectivity index (χ0v) is 15.0. The summed E-state index contributed by atoms with van der Waals surface area (Å²) in [5, 5.41) is -0.369. The first-order valence-electron chi connectivity index (χ1n) is 8.03. The first kappa shape index (κ1) is 18.7. The lowest BCUT2D eigenvalue weighted by molar-refractivity contribution is -0.137. The minimum atomic E-state index is -3.13. The van der Waals surface area contributed by atoms with Crippen LogP contribution in [0.5, 0.6) is 0 Å². The SMILES string of the molecule is C=CC(=O)O[Si](OC(=O)C=C)(C1CCCCC1)C(C)(C)CC. The van der Waals surface area contributed by atoms with Gasteiger partial charge in [-0.05, 0) is 19.3 Å². The van der Waals surface area contributed by atoms with Gasteiger partial charge in [0.1, 0.15) is 0 Å². The average Bonchev–Trinajstić information content (AvgIpc) is 2.54. The van der Waals surface area contributed by atoms with Gasteiger partial charge in [0, 0.05) is 22.7 Å². The first-order chi connectivity index (χ1) is 10.3. The summed E-state index contributed by atoms with van der Waals surface area (Å²) in [4.78, 5) is 24.0. The Kier molecular flexibility index (Phi) is 6.60. The highest BCUT2D eigenvalue weighted by molar-refractivity contribution is 6.75. The number of rotatable bonds is 7. The summed E-state index contributed by atoms with van der Waals surface area (Å²) in [7, 11) is -3.13. The Morgan fingerprint density at radius 3 is 1.91 bits per heavy atom. The molecule has 4 nitrogen and oxygen atoms in total. The smallest absolute Gasteiger partial charge is 0.473 e. The molecular formula is C17H28O4Si. The molecule has 124 valence electrons. The number of carbonyl (C=O) groups is 2. The zero-order valence-electron chi connectivity index (χ0n) is 14.0. The lowest BCUT2D eigenvalue weighted by Gasteiger charge is -2.46. The van der Waals surface area contributed by atoms with Crippen molar-refractivity contribution >= 4 is 20.5 Å². The van der Waals surface area contributed by atoms with Gasteiger partial charge in [0.05, 0.1) is 0 Å². The number of hydrogen-bond acceptors (Lipinski definition) is 4. The molecule has 1 fully saturated rings. The molecule has 0 aromatic rings. The van der Waals surface area contributed by atoms with E-state index in [1.807, 2.05) is 20.8 Å². The summed E-state index contributed by atoms with van der Waals surface area (Å²) in [6.45, 7) is 13.1. The summed E-state index contributed by atoms with van der Waals surface area (Å²) in [5.74, 6) is -1.01. The predicted octanol–water partition coefficient (Wildman–Crippen LogP) is 4.41. The standard InChI is InChI=1S/C17H28O4Si/c1-6-15(18)20-22(17(4,5)8-3,21-16(19)7-2)14-12-10-9-11-13-14/h6-7,14H,1-2,8-13H2,3-5H3. The molecule has 0 aromatic carbocycles. The van der Waals surface area contributed by atoms with Crippen LogP contribution in [0.25, 0.3) is 0 Å². The van der Waals surface area contributed by atoms with Gasteiger partial charge < -0.3 is 8.85 Å². The third kappa shape index (κ3) is 3.88. The molecule has 0 unspecified atom stereocenters. The van der Waals surface area contributed by atoms with Crippen molar-refractivity contribution in [2.45, 2.75) is 69.9 Å². The Morgan fingerprint density at radius 1 is 1.09 bits per heavy atom. The Hall–Kier alpha value is -1.36. The van der Waals surface area contributed by atoms with E-state index in [1.165, 1.54) is 6.42 Å². The topological polar surface area (TPSA) is 52.6 Å². The van der Waals surface area contributed by atoms with Crippen LogP contribution in [0, 0.1) is 0 Å². The molecule has 22 heavy (non-hydrogen) atoms. The van der Waals surface area contributed by atoms with Gasteiger partial charge in [-0.2, -0.15) is 0 Å². The Morgan fingerprint density at radius 2 is 1.55 bits per heavy atom. The van der Waals surface area contributed by atoms with Crippen LogP contribution in [0.1, 0.15) is 59.3 Å². The molecule has 0 atom stereocenters. The molecule has 5 heteroatoms. The summed E-state index contributed by atoms with van der Waals surface area (Å²) in [6, 6.07) is 0. The van der Waals surface area contributed by atoms with E-state index >= 15 is 0 Å². The zero-order chi connectivity index (χ0) is 16.8. The molecule has 0 amide bonds. The van der Waals surface area contributed by atoms with Gasteiger partial charge in [-0.3, -0.25) is 0 Å². The maximum Gasteiger partial charge on any atom is 0.473 e. The predicted molar refractivity (Wildman–Crippen MR) is 89.5 cm³/mol. The largest absolute Gasteiger partial charge is 0.481 e. The fourth-order valence-corrected chi connectivity index (χ4v) is 7.59. The summed E-state index contributed by atoms with van der Waals surface area (Å²) in [5.41, 5.74) is 0.129. The van der Waals surface area contributed by atoms with Crippen molar-refractivity contribution in [1.82, 2.24) is 0 Å². The molecule has 0 aromatic heterocycles. The molecule has 0 aliphatic heterocycles. The highest BCUT2D eigenvalue weighted by Crippen LogP contribution is 2.52. The van der Waals surface area contributed by atoms with Gasteiger partial charge in [-0.1, -0.05) is 53.2 Å². The molecule has 0 spiro atoms. The monoisotopic (exact) mass is 324 g/mol. The maximum atomic E-state index is 12.0. The highest BCUT2D eigenvalue weighted by Gasteiger charge is 2.62. The van der Waals surface area contributed by atoms with Gasteiger partial charge in [0.15, 0.2) is 0 Å².